The van der Waals surface area contributed by atoms with Gasteiger partial charge < -0.3 is 24.6 Å². The normalized spacial score (nSPS) is 11.6. The second-order valence-corrected chi connectivity index (χ2v) is 4.98. The van der Waals surface area contributed by atoms with Crippen molar-refractivity contribution in [1.29, 1.82) is 0 Å². The molecular formula is C18H23NO4. The molecule has 2 aromatic carbocycles. The van der Waals surface area contributed by atoms with Crippen molar-refractivity contribution in [3.63, 3.8) is 0 Å². The number of methoxy groups -OCH3 is 1. The number of hydrogen-bond acceptors (Lipinski definition) is 5. The molecule has 5 nitrogen and oxygen atoms in total. The van der Waals surface area contributed by atoms with E-state index in [2.05, 4.69) is 5.32 Å². The Kier molecular flexibility index (Phi) is 6.56. The number of benzene rings is 2. The molecule has 0 fully saturated rings. The Morgan fingerprint density at radius 1 is 0.913 bits per heavy atom. The Balaban J connectivity index is 1.72. The smallest absolute Gasteiger partial charge is 0.119 e. The van der Waals surface area contributed by atoms with Crippen LogP contribution in [0, 0.1) is 0 Å². The molecule has 5 heteroatoms. The van der Waals surface area contributed by atoms with Crippen LogP contribution in [0.5, 0.6) is 17.2 Å². The van der Waals surface area contributed by atoms with E-state index in [1.807, 2.05) is 55.5 Å². The summed E-state index contributed by atoms with van der Waals surface area (Å²) < 4.78 is 16.0. The van der Waals surface area contributed by atoms with Crippen molar-refractivity contribution in [2.75, 3.05) is 32.2 Å². The summed E-state index contributed by atoms with van der Waals surface area (Å²) in [4.78, 5) is 0. The molecular weight excluding hydrogens is 294 g/mol. The van der Waals surface area contributed by atoms with Crippen molar-refractivity contribution in [3.05, 3.63) is 48.5 Å². The van der Waals surface area contributed by atoms with Crippen molar-refractivity contribution < 1.29 is 19.3 Å². The number of ether oxygens (including phenoxy) is 3. The minimum absolute atomic E-state index is 0.219. The van der Waals surface area contributed by atoms with Crippen LogP contribution in [0.25, 0.3) is 0 Å². The second-order valence-electron chi connectivity index (χ2n) is 4.98. The fourth-order valence-corrected chi connectivity index (χ4v) is 1.99. The van der Waals surface area contributed by atoms with Crippen LogP contribution in [0.2, 0.25) is 0 Å². The summed E-state index contributed by atoms with van der Waals surface area (Å²) in [6, 6.07) is 14.9. The first-order valence-electron chi connectivity index (χ1n) is 7.63. The Bertz CT molecular complexity index is 569. The van der Waals surface area contributed by atoms with E-state index in [1.54, 1.807) is 7.11 Å². The lowest BCUT2D eigenvalue weighted by Gasteiger charge is -2.14. The second kappa shape index (κ2) is 8.90. The van der Waals surface area contributed by atoms with E-state index in [4.69, 9.17) is 14.2 Å². The fourth-order valence-electron chi connectivity index (χ4n) is 1.99. The van der Waals surface area contributed by atoms with Crippen LogP contribution in [0.15, 0.2) is 48.5 Å². The van der Waals surface area contributed by atoms with Crippen LogP contribution in [-0.4, -0.2) is 38.1 Å². The van der Waals surface area contributed by atoms with E-state index < -0.39 is 6.10 Å². The third kappa shape index (κ3) is 5.71. The third-order valence-electron chi connectivity index (χ3n) is 3.21. The highest BCUT2D eigenvalue weighted by atomic mass is 16.5. The van der Waals surface area contributed by atoms with Crippen molar-refractivity contribution in [1.82, 2.24) is 0 Å². The first-order valence-corrected chi connectivity index (χ1v) is 7.63. The maximum Gasteiger partial charge on any atom is 0.119 e. The minimum atomic E-state index is -0.608. The number of rotatable bonds is 9. The molecule has 23 heavy (non-hydrogen) atoms. The molecule has 0 saturated carbocycles. The number of hydrogen-bond donors (Lipinski definition) is 2. The molecule has 2 N–H and O–H groups in total. The van der Waals surface area contributed by atoms with E-state index >= 15 is 0 Å². The lowest BCUT2D eigenvalue weighted by molar-refractivity contribution is 0.117. The Hall–Kier alpha value is -2.40. The van der Waals surface area contributed by atoms with E-state index in [-0.39, 0.29) is 6.61 Å². The van der Waals surface area contributed by atoms with Gasteiger partial charge in [-0.05, 0) is 55.5 Å². The van der Waals surface area contributed by atoms with Crippen molar-refractivity contribution in [2.24, 2.45) is 0 Å². The Morgan fingerprint density at radius 3 is 2.09 bits per heavy atom. The van der Waals surface area contributed by atoms with Gasteiger partial charge in [0.2, 0.25) is 0 Å². The summed E-state index contributed by atoms with van der Waals surface area (Å²) in [5, 5.41) is 13.1. The molecule has 2 rings (SSSR count). The summed E-state index contributed by atoms with van der Waals surface area (Å²) in [5.41, 5.74) is 0.928. The summed E-state index contributed by atoms with van der Waals surface area (Å²) in [5.74, 6) is 2.31. The maximum atomic E-state index is 9.97. The summed E-state index contributed by atoms with van der Waals surface area (Å²) in [6.45, 7) is 3.22. The lowest BCUT2D eigenvalue weighted by atomic mass is 10.3. The van der Waals surface area contributed by atoms with Crippen LogP contribution in [0.4, 0.5) is 5.69 Å². The fraction of sp³-hybridized carbons (Fsp3) is 0.333. The summed E-state index contributed by atoms with van der Waals surface area (Å²) in [6.07, 6.45) is -0.608. The van der Waals surface area contributed by atoms with Crippen LogP contribution in [0.1, 0.15) is 6.92 Å². The summed E-state index contributed by atoms with van der Waals surface area (Å²) >= 11 is 0. The van der Waals surface area contributed by atoms with Gasteiger partial charge in [-0.1, -0.05) is 0 Å². The van der Waals surface area contributed by atoms with Crippen LogP contribution >= 0.6 is 0 Å². The zero-order chi connectivity index (χ0) is 16.5. The molecule has 0 heterocycles. The molecule has 0 aliphatic heterocycles. The molecule has 0 radical (unpaired) electrons. The molecule has 0 saturated heterocycles. The largest absolute Gasteiger partial charge is 0.497 e. The number of anilines is 1. The van der Waals surface area contributed by atoms with Gasteiger partial charge in [0, 0.05) is 12.2 Å². The first kappa shape index (κ1) is 17.0. The Morgan fingerprint density at radius 2 is 1.48 bits per heavy atom. The zero-order valence-corrected chi connectivity index (χ0v) is 13.5. The van der Waals surface area contributed by atoms with Crippen LogP contribution < -0.4 is 19.5 Å². The average Bonchev–Trinajstić information content (AvgIpc) is 2.60. The van der Waals surface area contributed by atoms with Gasteiger partial charge in [0.25, 0.3) is 0 Å². The number of aliphatic hydroxyl groups excluding tert-OH is 1. The van der Waals surface area contributed by atoms with Gasteiger partial charge in [0.05, 0.1) is 13.7 Å². The quantitative estimate of drug-likeness (QED) is 0.744. The van der Waals surface area contributed by atoms with Gasteiger partial charge in [0.15, 0.2) is 0 Å². The standard InChI is InChI=1S/C18H23NO4/c1-3-22-17-6-4-14(5-7-17)19-12-15(20)13-23-18-10-8-16(21-2)9-11-18/h4-11,15,19-20H,3,12-13H2,1-2H3/t15-/m1/s1. The van der Waals surface area contributed by atoms with Gasteiger partial charge in [-0.25, -0.2) is 0 Å². The molecule has 0 spiro atoms. The highest BCUT2D eigenvalue weighted by molar-refractivity contribution is 5.46. The van der Waals surface area contributed by atoms with E-state index in [1.165, 1.54) is 0 Å². The molecule has 2 aromatic rings. The molecule has 0 bridgehead atoms. The highest BCUT2D eigenvalue weighted by Crippen LogP contribution is 2.18. The minimum Gasteiger partial charge on any atom is -0.497 e. The summed E-state index contributed by atoms with van der Waals surface area (Å²) in [7, 11) is 1.62. The number of aliphatic hydroxyl groups is 1. The highest BCUT2D eigenvalue weighted by Gasteiger charge is 2.06. The molecule has 0 aromatic heterocycles. The van der Waals surface area contributed by atoms with E-state index in [0.29, 0.717) is 18.9 Å². The van der Waals surface area contributed by atoms with Crippen molar-refractivity contribution in [2.45, 2.75) is 13.0 Å². The SMILES string of the molecule is CCOc1ccc(NC[C@@H](O)COc2ccc(OC)cc2)cc1. The molecule has 0 aliphatic rings. The van der Waals surface area contributed by atoms with Gasteiger partial charge in [-0.15, -0.1) is 0 Å². The lowest BCUT2D eigenvalue weighted by Crippen LogP contribution is -2.26. The molecule has 0 unspecified atom stereocenters. The van der Waals surface area contributed by atoms with Gasteiger partial charge in [-0.2, -0.15) is 0 Å². The maximum absolute atomic E-state index is 9.97. The predicted molar refractivity (Wildman–Crippen MR) is 90.6 cm³/mol. The monoisotopic (exact) mass is 317 g/mol. The van der Waals surface area contributed by atoms with Gasteiger partial charge in [-0.3, -0.25) is 0 Å². The molecule has 0 aliphatic carbocycles. The molecule has 1 atom stereocenters. The Labute approximate surface area is 136 Å². The van der Waals surface area contributed by atoms with Gasteiger partial charge >= 0.3 is 0 Å². The van der Waals surface area contributed by atoms with Crippen LogP contribution in [0.3, 0.4) is 0 Å². The van der Waals surface area contributed by atoms with E-state index in [0.717, 1.165) is 17.2 Å². The topological polar surface area (TPSA) is 60.0 Å². The van der Waals surface area contributed by atoms with Crippen molar-refractivity contribution >= 4 is 5.69 Å². The first-order chi connectivity index (χ1) is 11.2. The average molecular weight is 317 g/mol. The van der Waals surface area contributed by atoms with E-state index in [9.17, 15) is 5.11 Å². The molecule has 124 valence electrons. The third-order valence-corrected chi connectivity index (χ3v) is 3.21. The zero-order valence-electron chi connectivity index (χ0n) is 13.5. The predicted octanol–water partition coefficient (Wildman–Crippen LogP) is 2.95. The molecule has 0 amide bonds. The van der Waals surface area contributed by atoms with Crippen LogP contribution in [-0.2, 0) is 0 Å². The van der Waals surface area contributed by atoms with Crippen molar-refractivity contribution in [3.8, 4) is 17.2 Å². The van der Waals surface area contributed by atoms with Gasteiger partial charge in [0.1, 0.15) is 30.0 Å². The number of nitrogens with one attached hydrogen (secondary N) is 1.